The number of amides is 1. The first-order valence-corrected chi connectivity index (χ1v) is 6.86. The van der Waals surface area contributed by atoms with Gasteiger partial charge < -0.3 is 19.9 Å². The minimum absolute atomic E-state index is 0.313. The Morgan fingerprint density at radius 1 is 1.33 bits per heavy atom. The molecule has 0 aromatic rings. The lowest BCUT2D eigenvalue weighted by Gasteiger charge is -2.23. The zero-order valence-corrected chi connectivity index (χ0v) is 12.9. The van der Waals surface area contributed by atoms with E-state index in [0.717, 1.165) is 5.57 Å². The molecule has 1 amide bonds. The van der Waals surface area contributed by atoms with Gasteiger partial charge in [0.2, 0.25) is 0 Å². The molecule has 0 radical (unpaired) electrons. The summed E-state index contributed by atoms with van der Waals surface area (Å²) in [5.41, 5.74) is 0.322. The van der Waals surface area contributed by atoms with E-state index in [2.05, 4.69) is 5.32 Å². The summed E-state index contributed by atoms with van der Waals surface area (Å²) in [5, 5.41) is 11.8. The highest BCUT2D eigenvalue weighted by atomic mass is 16.6. The molecule has 6 nitrogen and oxygen atoms in total. The van der Waals surface area contributed by atoms with Crippen LogP contribution in [0.4, 0.5) is 4.79 Å². The number of carbonyl (C=O) groups is 2. The van der Waals surface area contributed by atoms with Crippen molar-refractivity contribution in [3.63, 3.8) is 0 Å². The normalized spacial score (nSPS) is 16.4. The molecule has 1 rings (SSSR count). The predicted molar refractivity (Wildman–Crippen MR) is 77.8 cm³/mol. The first-order chi connectivity index (χ1) is 9.71. The molecule has 0 unspecified atom stereocenters. The van der Waals surface area contributed by atoms with Crippen molar-refractivity contribution in [2.75, 3.05) is 7.11 Å². The van der Waals surface area contributed by atoms with Crippen molar-refractivity contribution < 1.29 is 24.2 Å². The lowest BCUT2D eigenvalue weighted by Crippen LogP contribution is -2.44. The van der Waals surface area contributed by atoms with E-state index < -0.39 is 23.7 Å². The van der Waals surface area contributed by atoms with Crippen LogP contribution in [-0.2, 0) is 14.3 Å². The fourth-order valence-corrected chi connectivity index (χ4v) is 1.89. The first-order valence-electron chi connectivity index (χ1n) is 6.86. The van der Waals surface area contributed by atoms with Crippen molar-refractivity contribution in [3.8, 4) is 0 Å². The van der Waals surface area contributed by atoms with Gasteiger partial charge in [-0.15, -0.1) is 0 Å². The highest BCUT2D eigenvalue weighted by molar-refractivity contribution is 5.81. The van der Waals surface area contributed by atoms with E-state index in [0.29, 0.717) is 25.0 Å². The molecule has 0 fully saturated rings. The standard InChI is InChI=1S/C15H23NO5/c1-15(2,3)21-14(19)16-12(13(18)20-4)9-10-5-7-11(17)8-6-10/h5,7,12,17H,6,8-9H2,1-4H3,(H,16,19)/t12-/m0/s1. The smallest absolute Gasteiger partial charge is 0.408 e. The third kappa shape index (κ3) is 6.33. The number of hydrogen-bond donors (Lipinski definition) is 2. The molecule has 0 saturated heterocycles. The quantitative estimate of drug-likeness (QED) is 0.779. The Kier molecular flexibility index (Phi) is 5.81. The van der Waals surface area contributed by atoms with E-state index >= 15 is 0 Å². The molecule has 1 aliphatic rings. The van der Waals surface area contributed by atoms with E-state index in [1.54, 1.807) is 32.9 Å². The molecule has 118 valence electrons. The second-order valence-corrected chi connectivity index (χ2v) is 5.91. The average molecular weight is 297 g/mol. The van der Waals surface area contributed by atoms with Crippen LogP contribution in [-0.4, -0.2) is 35.9 Å². The van der Waals surface area contributed by atoms with E-state index in [-0.39, 0.29) is 0 Å². The maximum Gasteiger partial charge on any atom is 0.408 e. The Morgan fingerprint density at radius 2 is 2.00 bits per heavy atom. The third-order valence-corrected chi connectivity index (χ3v) is 2.86. The Hall–Kier alpha value is -1.98. The van der Waals surface area contributed by atoms with Crippen LogP contribution in [0.2, 0.25) is 0 Å². The predicted octanol–water partition coefficient (Wildman–Crippen LogP) is 2.60. The minimum atomic E-state index is -0.801. The molecule has 0 aromatic heterocycles. The third-order valence-electron chi connectivity index (χ3n) is 2.86. The Bertz CT molecular complexity index is 459. The maximum absolute atomic E-state index is 11.8. The van der Waals surface area contributed by atoms with Crippen LogP contribution in [0.5, 0.6) is 0 Å². The summed E-state index contributed by atoms with van der Waals surface area (Å²) < 4.78 is 9.84. The van der Waals surface area contributed by atoms with Gasteiger partial charge >= 0.3 is 12.1 Å². The number of methoxy groups -OCH3 is 1. The maximum atomic E-state index is 11.8. The summed E-state index contributed by atoms with van der Waals surface area (Å²) in [4.78, 5) is 23.5. The molecule has 2 N–H and O–H groups in total. The van der Waals surface area contributed by atoms with Crippen molar-refractivity contribution >= 4 is 12.1 Å². The van der Waals surface area contributed by atoms with Gasteiger partial charge in [0.05, 0.1) is 12.9 Å². The van der Waals surface area contributed by atoms with Crippen LogP contribution in [0, 0.1) is 0 Å². The largest absolute Gasteiger partial charge is 0.512 e. The van der Waals surface area contributed by atoms with Crippen LogP contribution in [0.25, 0.3) is 0 Å². The molecule has 0 aromatic carbocycles. The van der Waals surface area contributed by atoms with E-state index in [1.165, 1.54) is 7.11 Å². The molecule has 0 saturated carbocycles. The second-order valence-electron chi connectivity index (χ2n) is 5.91. The SMILES string of the molecule is COC(=O)[C@H](CC1=CC=C(O)CC1)NC(=O)OC(C)(C)C. The zero-order valence-electron chi connectivity index (χ0n) is 12.9. The van der Waals surface area contributed by atoms with E-state index in [4.69, 9.17) is 9.47 Å². The number of nitrogens with one attached hydrogen (secondary N) is 1. The Labute approximate surface area is 124 Å². The number of hydrogen-bond acceptors (Lipinski definition) is 5. The topological polar surface area (TPSA) is 84.9 Å². The van der Waals surface area contributed by atoms with Crippen molar-refractivity contribution in [2.24, 2.45) is 0 Å². The van der Waals surface area contributed by atoms with Crippen LogP contribution in [0.15, 0.2) is 23.5 Å². The van der Waals surface area contributed by atoms with Gasteiger partial charge in [-0.05, 0) is 39.7 Å². The molecular formula is C15H23NO5. The van der Waals surface area contributed by atoms with Crippen LogP contribution < -0.4 is 5.32 Å². The van der Waals surface area contributed by atoms with Gasteiger partial charge in [-0.3, -0.25) is 0 Å². The van der Waals surface area contributed by atoms with Crippen molar-refractivity contribution in [1.29, 1.82) is 0 Å². The number of esters is 1. The summed E-state index contributed by atoms with van der Waals surface area (Å²) in [6.45, 7) is 5.24. The van der Waals surface area contributed by atoms with Crippen molar-refractivity contribution in [1.82, 2.24) is 5.32 Å². The fraction of sp³-hybridized carbons (Fsp3) is 0.600. The molecule has 0 spiro atoms. The van der Waals surface area contributed by atoms with Crippen LogP contribution in [0.1, 0.15) is 40.0 Å². The Morgan fingerprint density at radius 3 is 2.48 bits per heavy atom. The fourth-order valence-electron chi connectivity index (χ4n) is 1.89. The van der Waals surface area contributed by atoms with Crippen molar-refractivity contribution in [2.45, 2.75) is 51.7 Å². The zero-order chi connectivity index (χ0) is 16.0. The lowest BCUT2D eigenvalue weighted by atomic mass is 9.97. The molecule has 1 aliphatic carbocycles. The van der Waals surface area contributed by atoms with E-state index in [1.807, 2.05) is 0 Å². The Balaban J connectivity index is 2.69. The number of allylic oxidation sites excluding steroid dienone is 3. The highest BCUT2D eigenvalue weighted by Crippen LogP contribution is 2.21. The second kappa shape index (κ2) is 7.15. The molecule has 0 aliphatic heterocycles. The van der Waals surface area contributed by atoms with Gasteiger partial charge in [-0.25, -0.2) is 9.59 Å². The molecular weight excluding hydrogens is 274 g/mol. The first kappa shape index (κ1) is 17.1. The average Bonchev–Trinajstić information content (AvgIpc) is 2.37. The van der Waals surface area contributed by atoms with Gasteiger partial charge in [0, 0.05) is 6.42 Å². The number of rotatable bonds is 4. The summed E-state index contributed by atoms with van der Waals surface area (Å²) in [6, 6.07) is -0.801. The van der Waals surface area contributed by atoms with Gasteiger partial charge in [-0.2, -0.15) is 0 Å². The number of aliphatic hydroxyl groups is 1. The molecule has 21 heavy (non-hydrogen) atoms. The highest BCUT2D eigenvalue weighted by Gasteiger charge is 2.26. The number of ether oxygens (including phenoxy) is 2. The lowest BCUT2D eigenvalue weighted by molar-refractivity contribution is -0.143. The summed E-state index contributed by atoms with van der Waals surface area (Å²) >= 11 is 0. The molecule has 0 heterocycles. The molecule has 1 atom stereocenters. The van der Waals surface area contributed by atoms with Crippen LogP contribution in [0.3, 0.4) is 0 Å². The van der Waals surface area contributed by atoms with Gasteiger partial charge in [0.15, 0.2) is 0 Å². The summed E-state index contributed by atoms with van der Waals surface area (Å²) in [7, 11) is 1.27. The number of aliphatic hydroxyl groups excluding tert-OH is 1. The minimum Gasteiger partial charge on any atom is -0.512 e. The number of alkyl carbamates (subject to hydrolysis) is 1. The van der Waals surface area contributed by atoms with Crippen molar-refractivity contribution in [3.05, 3.63) is 23.5 Å². The number of carbonyl (C=O) groups excluding carboxylic acids is 2. The van der Waals surface area contributed by atoms with Gasteiger partial charge in [0.1, 0.15) is 11.6 Å². The van der Waals surface area contributed by atoms with Gasteiger partial charge in [-0.1, -0.05) is 11.6 Å². The van der Waals surface area contributed by atoms with Gasteiger partial charge in [0.25, 0.3) is 0 Å². The molecule has 6 heteroatoms. The van der Waals surface area contributed by atoms with Crippen LogP contribution >= 0.6 is 0 Å². The van der Waals surface area contributed by atoms with E-state index in [9.17, 15) is 14.7 Å². The monoisotopic (exact) mass is 297 g/mol. The summed E-state index contributed by atoms with van der Waals surface area (Å²) in [6.07, 6.45) is 4.20. The molecule has 0 bridgehead atoms. The summed E-state index contributed by atoms with van der Waals surface area (Å²) in [5.74, 6) is -0.214.